The second kappa shape index (κ2) is 8.68. The molecule has 0 aliphatic carbocycles. The first-order chi connectivity index (χ1) is 12.8. The van der Waals surface area contributed by atoms with Gasteiger partial charge in [0.2, 0.25) is 6.04 Å². The second-order valence-electron chi connectivity index (χ2n) is 5.95. The van der Waals surface area contributed by atoms with Crippen LogP contribution >= 0.6 is 0 Å². The molecule has 0 aliphatic rings. The van der Waals surface area contributed by atoms with Crippen LogP contribution in [-0.2, 0) is 11.2 Å². The summed E-state index contributed by atoms with van der Waals surface area (Å²) in [5.41, 5.74) is 3.78. The lowest BCUT2D eigenvalue weighted by atomic mass is 10.0. The third-order valence-corrected chi connectivity index (χ3v) is 3.95. The number of hydroxylamine groups is 1. The number of rotatable bonds is 6. The van der Waals surface area contributed by atoms with Crippen LogP contribution < -0.4 is 10.8 Å². The number of nitrogens with one attached hydrogen (secondary N) is 2. The Bertz CT molecular complexity index is 787. The summed E-state index contributed by atoms with van der Waals surface area (Å²) in [5.74, 6) is -2.84. The van der Waals surface area contributed by atoms with Crippen molar-refractivity contribution in [3.05, 3.63) is 59.7 Å². The highest BCUT2D eigenvalue weighted by Crippen LogP contribution is 2.23. The number of hydrogen-bond donors (Lipinski definition) is 3. The molecule has 2 amide bonds. The molecular formula is C19H19F3N2O3. The van der Waals surface area contributed by atoms with Gasteiger partial charge in [0.15, 0.2) is 0 Å². The summed E-state index contributed by atoms with van der Waals surface area (Å²) in [5, 5.41) is 9.99. The van der Waals surface area contributed by atoms with Crippen molar-refractivity contribution in [1.82, 2.24) is 10.8 Å². The van der Waals surface area contributed by atoms with E-state index in [4.69, 9.17) is 5.21 Å². The molecule has 0 spiro atoms. The molecule has 0 aromatic heterocycles. The molecule has 0 heterocycles. The zero-order valence-electron chi connectivity index (χ0n) is 14.5. The van der Waals surface area contributed by atoms with E-state index in [0.717, 1.165) is 29.4 Å². The van der Waals surface area contributed by atoms with Gasteiger partial charge in [0, 0.05) is 5.56 Å². The molecule has 3 N–H and O–H groups in total. The fourth-order valence-electron chi connectivity index (χ4n) is 2.54. The predicted molar refractivity (Wildman–Crippen MR) is 93.1 cm³/mol. The maximum absolute atomic E-state index is 12.8. The minimum Gasteiger partial charge on any atom is -0.333 e. The van der Waals surface area contributed by atoms with Crippen LogP contribution in [0.1, 0.15) is 29.3 Å². The molecule has 2 rings (SSSR count). The molecule has 27 heavy (non-hydrogen) atoms. The van der Waals surface area contributed by atoms with Crippen molar-refractivity contribution >= 4 is 11.8 Å². The smallest absolute Gasteiger partial charge is 0.333 e. The number of carbonyl (C=O) groups is 2. The number of amides is 2. The number of carbonyl (C=O) groups excluding carboxylic acids is 2. The summed E-state index contributed by atoms with van der Waals surface area (Å²) in [6.45, 7) is 2.09. The Hall–Kier alpha value is -2.87. The van der Waals surface area contributed by atoms with Crippen molar-refractivity contribution in [3.63, 3.8) is 0 Å². The van der Waals surface area contributed by atoms with Crippen molar-refractivity contribution in [2.24, 2.45) is 0 Å². The van der Waals surface area contributed by atoms with Gasteiger partial charge in [-0.15, -0.1) is 0 Å². The monoisotopic (exact) mass is 380 g/mol. The SMILES string of the molecule is CCCc1ccc(-c2ccc(C(=O)NC(C(=O)NO)C(F)(F)F)cc2)cc1. The molecule has 0 radical (unpaired) electrons. The fourth-order valence-corrected chi connectivity index (χ4v) is 2.54. The largest absolute Gasteiger partial charge is 0.417 e. The van der Waals surface area contributed by atoms with Crippen LogP contribution in [0.4, 0.5) is 13.2 Å². The summed E-state index contributed by atoms with van der Waals surface area (Å²) in [6.07, 6.45) is -3.03. The number of aryl methyl sites for hydroxylation is 1. The molecular weight excluding hydrogens is 361 g/mol. The van der Waals surface area contributed by atoms with Crippen molar-refractivity contribution in [1.29, 1.82) is 0 Å². The molecule has 2 aromatic rings. The van der Waals surface area contributed by atoms with E-state index < -0.39 is 24.0 Å². The van der Waals surface area contributed by atoms with Gasteiger partial charge in [0.1, 0.15) is 0 Å². The highest BCUT2D eigenvalue weighted by Gasteiger charge is 2.46. The molecule has 0 saturated carbocycles. The third-order valence-electron chi connectivity index (χ3n) is 3.95. The molecule has 0 saturated heterocycles. The minimum atomic E-state index is -5.04. The van der Waals surface area contributed by atoms with E-state index in [1.807, 2.05) is 24.3 Å². The third kappa shape index (κ3) is 5.30. The van der Waals surface area contributed by atoms with Gasteiger partial charge in [-0.25, -0.2) is 5.48 Å². The van der Waals surface area contributed by atoms with E-state index >= 15 is 0 Å². The molecule has 0 bridgehead atoms. The number of hydrogen-bond acceptors (Lipinski definition) is 3. The molecule has 144 valence electrons. The van der Waals surface area contributed by atoms with E-state index in [1.54, 1.807) is 17.4 Å². The van der Waals surface area contributed by atoms with Gasteiger partial charge < -0.3 is 5.32 Å². The normalized spacial score (nSPS) is 12.3. The van der Waals surface area contributed by atoms with Gasteiger partial charge in [0.05, 0.1) is 0 Å². The Labute approximate surface area is 154 Å². The van der Waals surface area contributed by atoms with Crippen LogP contribution in [0.3, 0.4) is 0 Å². The van der Waals surface area contributed by atoms with E-state index in [9.17, 15) is 22.8 Å². The van der Waals surface area contributed by atoms with Crippen LogP contribution in [0.25, 0.3) is 11.1 Å². The molecule has 5 nitrogen and oxygen atoms in total. The molecule has 1 unspecified atom stereocenters. The highest BCUT2D eigenvalue weighted by molar-refractivity contribution is 5.98. The first kappa shape index (κ1) is 20.4. The Morgan fingerprint density at radius 2 is 1.52 bits per heavy atom. The zero-order chi connectivity index (χ0) is 20.0. The first-order valence-corrected chi connectivity index (χ1v) is 8.27. The van der Waals surface area contributed by atoms with Crippen LogP contribution in [0, 0.1) is 0 Å². The quantitative estimate of drug-likeness (QED) is 0.530. The fraction of sp³-hybridized carbons (Fsp3) is 0.263. The number of halogens is 3. The molecule has 8 heteroatoms. The van der Waals surface area contributed by atoms with Gasteiger partial charge in [0.25, 0.3) is 11.8 Å². The highest BCUT2D eigenvalue weighted by atomic mass is 19.4. The summed E-state index contributed by atoms with van der Waals surface area (Å²) < 4.78 is 38.5. The van der Waals surface area contributed by atoms with Crippen LogP contribution in [0.5, 0.6) is 0 Å². The minimum absolute atomic E-state index is 0.0404. The van der Waals surface area contributed by atoms with Gasteiger partial charge >= 0.3 is 6.18 Å². The Morgan fingerprint density at radius 1 is 1.00 bits per heavy atom. The van der Waals surface area contributed by atoms with Crippen LogP contribution in [0.15, 0.2) is 48.5 Å². The maximum atomic E-state index is 12.8. The zero-order valence-corrected chi connectivity index (χ0v) is 14.5. The summed E-state index contributed by atoms with van der Waals surface area (Å²) in [6, 6.07) is 11.0. The molecule has 0 fully saturated rings. The van der Waals surface area contributed by atoms with E-state index in [0.29, 0.717) is 0 Å². The van der Waals surface area contributed by atoms with E-state index in [2.05, 4.69) is 6.92 Å². The van der Waals surface area contributed by atoms with E-state index in [-0.39, 0.29) is 5.56 Å². The summed E-state index contributed by atoms with van der Waals surface area (Å²) in [7, 11) is 0. The average Bonchev–Trinajstić information content (AvgIpc) is 2.65. The van der Waals surface area contributed by atoms with Crippen molar-refractivity contribution in [3.8, 4) is 11.1 Å². The Morgan fingerprint density at radius 3 is 1.96 bits per heavy atom. The number of alkyl halides is 3. The van der Waals surface area contributed by atoms with E-state index in [1.165, 1.54) is 17.7 Å². The first-order valence-electron chi connectivity index (χ1n) is 8.27. The second-order valence-corrected chi connectivity index (χ2v) is 5.95. The number of benzene rings is 2. The lowest BCUT2D eigenvalue weighted by Crippen LogP contribution is -2.54. The molecule has 2 aromatic carbocycles. The summed E-state index contributed by atoms with van der Waals surface area (Å²) >= 11 is 0. The van der Waals surface area contributed by atoms with Gasteiger partial charge in [-0.3, -0.25) is 14.8 Å². The lowest BCUT2D eigenvalue weighted by Gasteiger charge is -2.19. The van der Waals surface area contributed by atoms with Gasteiger partial charge in [-0.1, -0.05) is 49.7 Å². The molecule has 0 aliphatic heterocycles. The molecule has 1 atom stereocenters. The summed E-state index contributed by atoms with van der Waals surface area (Å²) in [4.78, 5) is 23.2. The van der Waals surface area contributed by atoms with Crippen LogP contribution in [0.2, 0.25) is 0 Å². The van der Waals surface area contributed by atoms with Crippen molar-refractivity contribution < 1.29 is 28.0 Å². The van der Waals surface area contributed by atoms with Gasteiger partial charge in [-0.05, 0) is 35.2 Å². The Balaban J connectivity index is 2.13. The maximum Gasteiger partial charge on any atom is 0.417 e. The lowest BCUT2D eigenvalue weighted by molar-refractivity contribution is -0.172. The van der Waals surface area contributed by atoms with Crippen molar-refractivity contribution in [2.45, 2.75) is 32.0 Å². The topological polar surface area (TPSA) is 78.4 Å². The average molecular weight is 380 g/mol. The van der Waals surface area contributed by atoms with Gasteiger partial charge in [-0.2, -0.15) is 13.2 Å². The predicted octanol–water partition coefficient (Wildman–Crippen LogP) is 3.47. The van der Waals surface area contributed by atoms with Crippen molar-refractivity contribution in [2.75, 3.05) is 0 Å². The Kier molecular flexibility index (Phi) is 6.57. The standard InChI is InChI=1S/C19H19F3N2O3/c1-2-3-12-4-6-13(7-5-12)14-8-10-15(11-9-14)17(25)23-16(18(26)24-27)19(20,21)22/h4-11,16,27H,2-3H2,1H3,(H,23,25)(H,24,26). The van der Waals surface area contributed by atoms with Crippen LogP contribution in [-0.4, -0.2) is 29.2 Å².